The number of nitrogens with one attached hydrogen (secondary N) is 1. The first-order valence-corrected chi connectivity index (χ1v) is 8.04. The Morgan fingerprint density at radius 1 is 1.00 bits per heavy atom. The molecule has 130 valence electrons. The van der Waals surface area contributed by atoms with Gasteiger partial charge in [0.1, 0.15) is 23.1 Å². The summed E-state index contributed by atoms with van der Waals surface area (Å²) in [6.07, 6.45) is 0. The topological polar surface area (TPSA) is 75.1 Å². The van der Waals surface area contributed by atoms with E-state index in [0.29, 0.717) is 28.3 Å². The van der Waals surface area contributed by atoms with Gasteiger partial charge in [0.25, 0.3) is 5.56 Å². The number of ether oxygens (including phenoxy) is 2. The Bertz CT molecular complexity index is 1060. The molecule has 5 nitrogen and oxygen atoms in total. The molecule has 5 heteroatoms. The largest absolute Gasteiger partial charge is 0.497 e. The highest BCUT2D eigenvalue weighted by atomic mass is 16.5. The van der Waals surface area contributed by atoms with Crippen molar-refractivity contribution in [3.8, 4) is 40.0 Å². The predicted molar refractivity (Wildman–Crippen MR) is 100 cm³/mol. The van der Waals surface area contributed by atoms with Crippen LogP contribution in [0.3, 0.4) is 0 Å². The Balaban J connectivity index is 2.31. The smallest absolute Gasteiger partial charge is 0.266 e. The van der Waals surface area contributed by atoms with Crippen LogP contribution in [-0.2, 0) is 0 Å². The molecule has 1 aromatic heterocycles. The Labute approximate surface area is 151 Å². The van der Waals surface area contributed by atoms with Crippen molar-refractivity contribution < 1.29 is 9.47 Å². The highest BCUT2D eigenvalue weighted by Crippen LogP contribution is 2.35. The summed E-state index contributed by atoms with van der Waals surface area (Å²) in [5, 5.41) is 9.51. The van der Waals surface area contributed by atoms with Gasteiger partial charge in [-0.1, -0.05) is 23.8 Å². The summed E-state index contributed by atoms with van der Waals surface area (Å²) in [5.41, 5.74) is 3.31. The molecule has 1 heterocycles. The molecule has 0 bridgehead atoms. The van der Waals surface area contributed by atoms with Crippen molar-refractivity contribution in [3.63, 3.8) is 0 Å². The van der Waals surface area contributed by atoms with Crippen molar-refractivity contribution in [2.24, 2.45) is 0 Å². The molecule has 0 fully saturated rings. The Morgan fingerprint density at radius 3 is 2.46 bits per heavy atom. The molecule has 3 rings (SSSR count). The lowest BCUT2D eigenvalue weighted by molar-refractivity contribution is 0.404. The van der Waals surface area contributed by atoms with Gasteiger partial charge in [-0.25, -0.2) is 0 Å². The Morgan fingerprint density at radius 2 is 1.81 bits per heavy atom. The maximum atomic E-state index is 12.5. The van der Waals surface area contributed by atoms with E-state index in [1.54, 1.807) is 38.5 Å². The van der Waals surface area contributed by atoms with Crippen molar-refractivity contribution in [3.05, 3.63) is 70.0 Å². The van der Waals surface area contributed by atoms with Gasteiger partial charge in [0.05, 0.1) is 14.2 Å². The van der Waals surface area contributed by atoms with Crippen molar-refractivity contribution in [2.45, 2.75) is 6.92 Å². The number of methoxy groups -OCH3 is 2. The number of hydrogen-bond donors (Lipinski definition) is 1. The number of nitrogens with zero attached hydrogens (tertiary/aromatic N) is 1. The lowest BCUT2D eigenvalue weighted by atomic mass is 9.97. The fourth-order valence-electron chi connectivity index (χ4n) is 2.88. The molecular weight excluding hydrogens is 328 g/mol. The van der Waals surface area contributed by atoms with Gasteiger partial charge in [-0.05, 0) is 42.8 Å². The standard InChI is InChI=1S/C21H18N2O3/c1-13-5-4-6-14(9-13)19-11-16(18(12-22)21(24)23-19)17-10-15(25-2)7-8-20(17)26-3/h4-11H,1-3H3,(H,23,24). The van der Waals surface area contributed by atoms with Gasteiger partial charge in [0, 0.05) is 16.8 Å². The SMILES string of the molecule is COc1ccc(OC)c(-c2cc(-c3cccc(C)c3)[nH]c(=O)c2C#N)c1. The van der Waals surface area contributed by atoms with Crippen LogP contribution < -0.4 is 15.0 Å². The molecule has 0 atom stereocenters. The lowest BCUT2D eigenvalue weighted by Crippen LogP contribution is -2.13. The monoisotopic (exact) mass is 346 g/mol. The summed E-state index contributed by atoms with van der Waals surface area (Å²) in [7, 11) is 3.11. The van der Waals surface area contributed by atoms with E-state index in [1.165, 1.54) is 0 Å². The van der Waals surface area contributed by atoms with Crippen LogP contribution in [0.1, 0.15) is 11.1 Å². The summed E-state index contributed by atoms with van der Waals surface area (Å²) in [6.45, 7) is 1.98. The molecule has 0 spiro atoms. The minimum atomic E-state index is -0.439. The average molecular weight is 346 g/mol. The van der Waals surface area contributed by atoms with Crippen molar-refractivity contribution in [2.75, 3.05) is 14.2 Å². The first-order valence-electron chi connectivity index (χ1n) is 8.04. The first-order chi connectivity index (χ1) is 12.6. The molecule has 0 saturated heterocycles. The van der Waals surface area contributed by atoms with E-state index in [2.05, 4.69) is 4.98 Å². The van der Waals surface area contributed by atoms with Crippen molar-refractivity contribution in [1.29, 1.82) is 5.26 Å². The first kappa shape index (κ1) is 17.3. The lowest BCUT2D eigenvalue weighted by Gasteiger charge is -2.13. The van der Waals surface area contributed by atoms with Gasteiger partial charge in [-0.15, -0.1) is 0 Å². The zero-order chi connectivity index (χ0) is 18.7. The van der Waals surface area contributed by atoms with Crippen molar-refractivity contribution in [1.82, 2.24) is 4.98 Å². The summed E-state index contributed by atoms with van der Waals surface area (Å²) >= 11 is 0. The quantitative estimate of drug-likeness (QED) is 0.777. The normalized spacial score (nSPS) is 10.2. The Kier molecular flexibility index (Phi) is 4.76. The van der Waals surface area contributed by atoms with Gasteiger partial charge in [0.15, 0.2) is 0 Å². The number of pyridine rings is 1. The van der Waals surface area contributed by atoms with Crippen LogP contribution in [0.4, 0.5) is 0 Å². The van der Waals surface area contributed by atoms with Gasteiger partial charge in [-0.2, -0.15) is 5.26 Å². The second kappa shape index (κ2) is 7.16. The number of H-pyrrole nitrogens is 1. The van der Waals surface area contributed by atoms with E-state index in [1.807, 2.05) is 37.3 Å². The molecule has 2 aromatic carbocycles. The maximum Gasteiger partial charge on any atom is 0.266 e. The number of nitriles is 1. The predicted octanol–water partition coefficient (Wildman–Crippen LogP) is 3.91. The third-order valence-electron chi connectivity index (χ3n) is 4.17. The molecule has 0 amide bonds. The van der Waals surface area contributed by atoms with Crippen LogP contribution in [-0.4, -0.2) is 19.2 Å². The molecule has 0 unspecified atom stereocenters. The molecular formula is C21H18N2O3. The Hall–Kier alpha value is -3.52. The summed E-state index contributed by atoms with van der Waals surface area (Å²) < 4.78 is 10.7. The van der Waals surface area contributed by atoms with Crippen LogP contribution in [0.15, 0.2) is 53.3 Å². The molecule has 0 radical (unpaired) electrons. The fourth-order valence-corrected chi connectivity index (χ4v) is 2.88. The molecule has 0 aliphatic heterocycles. The van der Waals surface area contributed by atoms with Crippen LogP contribution in [0.5, 0.6) is 11.5 Å². The third kappa shape index (κ3) is 3.17. The highest BCUT2D eigenvalue weighted by molar-refractivity contribution is 5.80. The molecule has 3 aromatic rings. The summed E-state index contributed by atoms with van der Waals surface area (Å²) in [6, 6.07) is 16.9. The molecule has 0 aliphatic rings. The van der Waals surface area contributed by atoms with E-state index in [9.17, 15) is 10.1 Å². The molecule has 26 heavy (non-hydrogen) atoms. The maximum absolute atomic E-state index is 12.5. The van der Waals surface area contributed by atoms with E-state index in [0.717, 1.165) is 11.1 Å². The van der Waals surface area contributed by atoms with Crippen LogP contribution in [0.25, 0.3) is 22.4 Å². The summed E-state index contributed by atoms with van der Waals surface area (Å²) in [5.74, 6) is 1.17. The van der Waals surface area contributed by atoms with Crippen molar-refractivity contribution >= 4 is 0 Å². The number of benzene rings is 2. The van der Waals surface area contributed by atoms with E-state index in [-0.39, 0.29) is 5.56 Å². The van der Waals surface area contributed by atoms with E-state index < -0.39 is 5.56 Å². The number of hydrogen-bond acceptors (Lipinski definition) is 4. The van der Waals surface area contributed by atoms with Gasteiger partial charge < -0.3 is 14.5 Å². The van der Waals surface area contributed by atoms with Gasteiger partial charge >= 0.3 is 0 Å². The van der Waals surface area contributed by atoms with Crippen LogP contribution >= 0.6 is 0 Å². The zero-order valence-electron chi connectivity index (χ0n) is 14.8. The van der Waals surface area contributed by atoms with Crippen LogP contribution in [0, 0.1) is 18.3 Å². The van der Waals surface area contributed by atoms with E-state index in [4.69, 9.17) is 9.47 Å². The van der Waals surface area contributed by atoms with E-state index >= 15 is 0 Å². The molecule has 1 N–H and O–H groups in total. The number of aryl methyl sites for hydroxylation is 1. The van der Waals surface area contributed by atoms with Crippen LogP contribution in [0.2, 0.25) is 0 Å². The van der Waals surface area contributed by atoms with Gasteiger partial charge in [0.2, 0.25) is 0 Å². The summed E-state index contributed by atoms with van der Waals surface area (Å²) in [4.78, 5) is 15.3. The number of aromatic nitrogens is 1. The number of rotatable bonds is 4. The zero-order valence-corrected chi connectivity index (χ0v) is 14.8. The minimum absolute atomic E-state index is 0.0351. The number of aromatic amines is 1. The molecule has 0 saturated carbocycles. The fraction of sp³-hybridized carbons (Fsp3) is 0.143. The molecule has 0 aliphatic carbocycles. The van der Waals surface area contributed by atoms with Gasteiger partial charge in [-0.3, -0.25) is 4.79 Å². The minimum Gasteiger partial charge on any atom is -0.497 e. The third-order valence-corrected chi connectivity index (χ3v) is 4.17. The highest BCUT2D eigenvalue weighted by Gasteiger charge is 2.17. The second-order valence-corrected chi connectivity index (χ2v) is 5.85. The second-order valence-electron chi connectivity index (χ2n) is 5.85. The average Bonchev–Trinajstić information content (AvgIpc) is 2.66.